The zero-order valence-electron chi connectivity index (χ0n) is 11.7. The van der Waals surface area contributed by atoms with Crippen molar-refractivity contribution in [3.63, 3.8) is 0 Å². The Bertz CT molecular complexity index is 337. The second-order valence-electron chi connectivity index (χ2n) is 4.97. The molecule has 0 fully saturated rings. The van der Waals surface area contributed by atoms with Gasteiger partial charge in [-0.15, -0.1) is 0 Å². The number of halogens is 1. The first-order valence-corrected chi connectivity index (χ1v) is 6.78. The predicted octanol–water partition coefficient (Wildman–Crippen LogP) is 3.16. The molecular formula is C15H25FN2. The molecule has 3 heteroatoms. The van der Waals surface area contributed by atoms with Gasteiger partial charge in [0.25, 0.3) is 0 Å². The highest BCUT2D eigenvalue weighted by Crippen LogP contribution is 2.14. The summed E-state index contributed by atoms with van der Waals surface area (Å²) in [4.78, 5) is 2.27. The molecule has 1 rings (SSSR count). The average molecular weight is 252 g/mol. The lowest BCUT2D eigenvalue weighted by Crippen LogP contribution is -2.45. The highest BCUT2D eigenvalue weighted by Gasteiger charge is 2.19. The van der Waals surface area contributed by atoms with E-state index in [4.69, 9.17) is 5.73 Å². The van der Waals surface area contributed by atoms with Crippen molar-refractivity contribution in [2.75, 3.05) is 7.05 Å². The van der Waals surface area contributed by atoms with Gasteiger partial charge in [0.15, 0.2) is 0 Å². The number of nitrogens with two attached hydrogens (primary N) is 1. The van der Waals surface area contributed by atoms with Crippen molar-refractivity contribution in [1.82, 2.24) is 4.90 Å². The fourth-order valence-electron chi connectivity index (χ4n) is 2.46. The van der Waals surface area contributed by atoms with Crippen LogP contribution in [-0.4, -0.2) is 24.0 Å². The van der Waals surface area contributed by atoms with Crippen molar-refractivity contribution in [3.05, 3.63) is 35.6 Å². The summed E-state index contributed by atoms with van der Waals surface area (Å²) in [5.74, 6) is -0.184. The summed E-state index contributed by atoms with van der Waals surface area (Å²) in [6.07, 6.45) is 3.20. The number of benzene rings is 1. The third-order valence-corrected chi connectivity index (χ3v) is 3.45. The van der Waals surface area contributed by atoms with E-state index in [1.807, 2.05) is 12.1 Å². The lowest BCUT2D eigenvalue weighted by Gasteiger charge is -2.32. The Kier molecular flexibility index (Phi) is 6.30. The van der Waals surface area contributed by atoms with E-state index < -0.39 is 0 Å². The van der Waals surface area contributed by atoms with Crippen LogP contribution in [-0.2, 0) is 6.54 Å². The standard InChI is InChI=1S/C15H25FN2/c1-4-6-14(17)15(5-2)18(3)11-12-7-9-13(16)10-8-12/h7-10,14-15H,4-6,11,17H2,1-3H3. The minimum Gasteiger partial charge on any atom is -0.326 e. The number of nitrogens with zero attached hydrogens (tertiary/aromatic N) is 1. The van der Waals surface area contributed by atoms with Crippen molar-refractivity contribution in [2.45, 2.75) is 51.7 Å². The normalized spacial score (nSPS) is 14.8. The predicted molar refractivity (Wildman–Crippen MR) is 74.8 cm³/mol. The van der Waals surface area contributed by atoms with Crippen molar-refractivity contribution in [3.8, 4) is 0 Å². The van der Waals surface area contributed by atoms with Gasteiger partial charge in [-0.05, 0) is 37.6 Å². The average Bonchev–Trinajstić information content (AvgIpc) is 2.33. The third kappa shape index (κ3) is 4.39. The van der Waals surface area contributed by atoms with Crippen LogP contribution >= 0.6 is 0 Å². The Hall–Kier alpha value is -0.930. The van der Waals surface area contributed by atoms with Crippen LogP contribution < -0.4 is 5.73 Å². The van der Waals surface area contributed by atoms with Gasteiger partial charge in [0, 0.05) is 18.6 Å². The maximum absolute atomic E-state index is 12.8. The van der Waals surface area contributed by atoms with Crippen LogP contribution in [0.3, 0.4) is 0 Å². The Morgan fingerprint density at radius 3 is 2.33 bits per heavy atom. The van der Waals surface area contributed by atoms with Crippen LogP contribution in [0.4, 0.5) is 4.39 Å². The molecule has 2 nitrogen and oxygen atoms in total. The van der Waals surface area contributed by atoms with Crippen molar-refractivity contribution >= 4 is 0 Å². The second-order valence-corrected chi connectivity index (χ2v) is 4.97. The molecule has 0 aliphatic rings. The van der Waals surface area contributed by atoms with Crippen LogP contribution in [0, 0.1) is 5.82 Å². The van der Waals surface area contributed by atoms with Crippen molar-refractivity contribution in [2.24, 2.45) is 5.73 Å². The molecule has 1 aromatic rings. The molecule has 0 amide bonds. The summed E-state index contributed by atoms with van der Waals surface area (Å²) in [5, 5.41) is 0. The van der Waals surface area contributed by atoms with Crippen LogP contribution in [0.5, 0.6) is 0 Å². The molecular weight excluding hydrogens is 227 g/mol. The van der Waals surface area contributed by atoms with Crippen molar-refractivity contribution < 1.29 is 4.39 Å². The molecule has 102 valence electrons. The molecule has 2 N–H and O–H groups in total. The SMILES string of the molecule is CCCC(N)C(CC)N(C)Cc1ccc(F)cc1. The summed E-state index contributed by atoms with van der Waals surface area (Å²) >= 11 is 0. The van der Waals surface area contributed by atoms with Gasteiger partial charge in [0.05, 0.1) is 0 Å². The molecule has 0 aliphatic carbocycles. The van der Waals surface area contributed by atoms with E-state index in [-0.39, 0.29) is 11.9 Å². The molecule has 0 bridgehead atoms. The zero-order chi connectivity index (χ0) is 13.5. The van der Waals surface area contributed by atoms with Crippen LogP contribution in [0.1, 0.15) is 38.7 Å². The summed E-state index contributed by atoms with van der Waals surface area (Å²) < 4.78 is 12.8. The van der Waals surface area contributed by atoms with E-state index in [1.54, 1.807) is 0 Å². The molecule has 2 atom stereocenters. The van der Waals surface area contributed by atoms with Crippen LogP contribution in [0.15, 0.2) is 24.3 Å². The summed E-state index contributed by atoms with van der Waals surface area (Å²) in [6, 6.07) is 7.29. The zero-order valence-corrected chi connectivity index (χ0v) is 11.7. The van der Waals surface area contributed by atoms with E-state index in [1.165, 1.54) is 12.1 Å². The van der Waals surface area contributed by atoms with E-state index >= 15 is 0 Å². The first-order valence-electron chi connectivity index (χ1n) is 6.78. The van der Waals surface area contributed by atoms with Crippen molar-refractivity contribution in [1.29, 1.82) is 0 Å². The molecule has 18 heavy (non-hydrogen) atoms. The molecule has 0 spiro atoms. The van der Waals surface area contributed by atoms with E-state index in [2.05, 4.69) is 25.8 Å². The summed E-state index contributed by atoms with van der Waals surface area (Å²) in [6.45, 7) is 5.14. The van der Waals surface area contributed by atoms with Gasteiger partial charge in [0.2, 0.25) is 0 Å². The Morgan fingerprint density at radius 1 is 1.22 bits per heavy atom. The fourth-order valence-corrected chi connectivity index (χ4v) is 2.46. The van der Waals surface area contributed by atoms with Gasteiger partial charge in [-0.3, -0.25) is 4.90 Å². The largest absolute Gasteiger partial charge is 0.326 e. The monoisotopic (exact) mass is 252 g/mol. The lowest BCUT2D eigenvalue weighted by molar-refractivity contribution is 0.191. The number of rotatable bonds is 7. The topological polar surface area (TPSA) is 29.3 Å². The molecule has 0 aliphatic heterocycles. The quantitative estimate of drug-likeness (QED) is 0.807. The smallest absolute Gasteiger partial charge is 0.123 e. The lowest BCUT2D eigenvalue weighted by atomic mass is 10.00. The highest BCUT2D eigenvalue weighted by atomic mass is 19.1. The molecule has 0 heterocycles. The minimum atomic E-state index is -0.184. The Labute approximate surface area is 110 Å². The first kappa shape index (κ1) is 15.1. The third-order valence-electron chi connectivity index (χ3n) is 3.45. The van der Waals surface area contributed by atoms with Gasteiger partial charge >= 0.3 is 0 Å². The van der Waals surface area contributed by atoms with E-state index in [9.17, 15) is 4.39 Å². The molecule has 1 aromatic carbocycles. The Balaban J connectivity index is 2.61. The molecule has 0 aromatic heterocycles. The number of likely N-dealkylation sites (N-methyl/N-ethyl adjacent to an activating group) is 1. The molecule has 0 saturated heterocycles. The summed E-state index contributed by atoms with van der Waals surface area (Å²) in [5.41, 5.74) is 7.34. The van der Waals surface area contributed by atoms with Gasteiger partial charge in [-0.2, -0.15) is 0 Å². The van der Waals surface area contributed by atoms with E-state index in [0.29, 0.717) is 6.04 Å². The van der Waals surface area contributed by atoms with E-state index in [0.717, 1.165) is 31.4 Å². The summed E-state index contributed by atoms with van der Waals surface area (Å²) in [7, 11) is 2.09. The highest BCUT2D eigenvalue weighted by molar-refractivity contribution is 5.16. The Morgan fingerprint density at radius 2 is 1.83 bits per heavy atom. The fraction of sp³-hybridized carbons (Fsp3) is 0.600. The van der Waals surface area contributed by atoms with Gasteiger partial charge < -0.3 is 5.73 Å². The minimum absolute atomic E-state index is 0.184. The molecule has 2 unspecified atom stereocenters. The van der Waals surface area contributed by atoms with Crippen LogP contribution in [0.2, 0.25) is 0 Å². The number of hydrogen-bond acceptors (Lipinski definition) is 2. The second kappa shape index (κ2) is 7.49. The maximum Gasteiger partial charge on any atom is 0.123 e. The molecule has 0 saturated carbocycles. The number of hydrogen-bond donors (Lipinski definition) is 1. The first-order chi connectivity index (χ1) is 8.58. The maximum atomic E-state index is 12.8. The molecule has 0 radical (unpaired) electrons. The van der Waals surface area contributed by atoms with Gasteiger partial charge in [0.1, 0.15) is 5.82 Å². The van der Waals surface area contributed by atoms with Gasteiger partial charge in [-0.1, -0.05) is 32.4 Å². The van der Waals surface area contributed by atoms with Gasteiger partial charge in [-0.25, -0.2) is 4.39 Å². The van der Waals surface area contributed by atoms with Crippen LogP contribution in [0.25, 0.3) is 0 Å².